The number of benzene rings is 3. The molecular weight excluding hydrogens is 593 g/mol. The highest BCUT2D eigenvalue weighted by Gasteiger charge is 2.43. The number of allylic oxidation sites excluding steroid dienone is 2. The molecule has 0 aromatic heterocycles. The van der Waals surface area contributed by atoms with Gasteiger partial charge in [0, 0.05) is 28.3 Å². The van der Waals surface area contributed by atoms with Gasteiger partial charge in [-0.15, -0.1) is 0 Å². The van der Waals surface area contributed by atoms with E-state index in [1.807, 2.05) is 30.3 Å². The average molecular weight is 613 g/mol. The number of carbonyl (C=O) groups is 2. The standard InChI is InChI=1S/C28H20Br2FNO4/c1-14-22(28(34)35-2)23(24-25(32-14)18-8-3-4-9-19(18)26(24)33)16-11-20(29)27(21(30)12-16)36-13-15-6-5-7-17(31)10-15/h3-12,23,32H,13H2,1-2H3/t23-/m0/s1. The second-order valence-electron chi connectivity index (χ2n) is 8.48. The number of ketones is 1. The minimum absolute atomic E-state index is 0.134. The fourth-order valence-corrected chi connectivity index (χ4v) is 6.16. The Balaban J connectivity index is 1.58. The van der Waals surface area contributed by atoms with Crippen LogP contribution in [0.4, 0.5) is 4.39 Å². The van der Waals surface area contributed by atoms with Crippen molar-refractivity contribution in [3.05, 3.63) is 115 Å². The Bertz CT molecular complexity index is 1470. The van der Waals surface area contributed by atoms with Crippen LogP contribution in [0.1, 0.15) is 39.9 Å². The van der Waals surface area contributed by atoms with Gasteiger partial charge in [0.05, 0.1) is 27.3 Å². The molecule has 0 spiro atoms. The topological polar surface area (TPSA) is 64.6 Å². The van der Waals surface area contributed by atoms with Crippen LogP contribution in [0.2, 0.25) is 0 Å². The summed E-state index contributed by atoms with van der Waals surface area (Å²) in [6, 6.07) is 17.3. The van der Waals surface area contributed by atoms with Gasteiger partial charge in [-0.3, -0.25) is 4.79 Å². The molecule has 182 valence electrons. The number of hydrogen-bond acceptors (Lipinski definition) is 5. The fraction of sp³-hybridized carbons (Fsp3) is 0.143. The molecule has 3 aromatic rings. The van der Waals surface area contributed by atoms with Crippen molar-refractivity contribution in [3.8, 4) is 5.75 Å². The maximum Gasteiger partial charge on any atom is 0.336 e. The first kappa shape index (κ1) is 24.5. The number of esters is 1. The van der Waals surface area contributed by atoms with Crippen LogP contribution in [0.5, 0.6) is 5.75 Å². The van der Waals surface area contributed by atoms with Gasteiger partial charge in [0.15, 0.2) is 5.78 Å². The number of rotatable bonds is 5. The zero-order valence-corrected chi connectivity index (χ0v) is 22.5. The van der Waals surface area contributed by atoms with E-state index < -0.39 is 11.9 Å². The Morgan fingerprint density at radius 2 is 1.72 bits per heavy atom. The molecule has 3 aromatic carbocycles. The summed E-state index contributed by atoms with van der Waals surface area (Å²) in [4.78, 5) is 26.5. The van der Waals surface area contributed by atoms with E-state index in [4.69, 9.17) is 9.47 Å². The quantitative estimate of drug-likeness (QED) is 0.326. The minimum atomic E-state index is -0.654. The van der Waals surface area contributed by atoms with E-state index in [1.165, 1.54) is 19.2 Å². The number of methoxy groups -OCH3 is 1. The smallest absolute Gasteiger partial charge is 0.336 e. The van der Waals surface area contributed by atoms with Crippen LogP contribution >= 0.6 is 31.9 Å². The first-order valence-electron chi connectivity index (χ1n) is 11.1. The first-order chi connectivity index (χ1) is 17.3. The molecule has 0 bridgehead atoms. The third-order valence-electron chi connectivity index (χ3n) is 6.28. The molecule has 5 rings (SSSR count). The van der Waals surface area contributed by atoms with Crippen molar-refractivity contribution >= 4 is 49.3 Å². The van der Waals surface area contributed by atoms with Gasteiger partial charge in [0.2, 0.25) is 0 Å². The summed E-state index contributed by atoms with van der Waals surface area (Å²) in [7, 11) is 1.32. The molecule has 0 amide bonds. The number of ether oxygens (including phenoxy) is 2. The number of Topliss-reactive ketones (excluding diaryl/α,β-unsaturated/α-hetero) is 1. The van der Waals surface area contributed by atoms with Crippen molar-refractivity contribution in [2.75, 3.05) is 7.11 Å². The van der Waals surface area contributed by atoms with E-state index in [-0.39, 0.29) is 18.2 Å². The summed E-state index contributed by atoms with van der Waals surface area (Å²) in [6.45, 7) is 1.96. The van der Waals surface area contributed by atoms with Crippen LogP contribution in [0, 0.1) is 5.82 Å². The van der Waals surface area contributed by atoms with Crippen LogP contribution < -0.4 is 10.1 Å². The van der Waals surface area contributed by atoms with Crippen molar-refractivity contribution in [1.29, 1.82) is 0 Å². The summed E-state index contributed by atoms with van der Waals surface area (Å²) < 4.78 is 25.9. The summed E-state index contributed by atoms with van der Waals surface area (Å²) in [6.07, 6.45) is 0. The normalized spacial score (nSPS) is 16.5. The molecule has 1 aliphatic heterocycles. The molecule has 8 heteroatoms. The second kappa shape index (κ2) is 9.67. The Kier molecular flexibility index (Phi) is 6.57. The van der Waals surface area contributed by atoms with Gasteiger partial charge in [0.25, 0.3) is 0 Å². The number of fused-ring (bicyclic) bond motifs is 2. The van der Waals surface area contributed by atoms with Gasteiger partial charge >= 0.3 is 5.97 Å². The van der Waals surface area contributed by atoms with Crippen molar-refractivity contribution in [1.82, 2.24) is 5.32 Å². The number of hydrogen-bond donors (Lipinski definition) is 1. The molecule has 0 radical (unpaired) electrons. The monoisotopic (exact) mass is 611 g/mol. The second-order valence-corrected chi connectivity index (χ2v) is 10.2. The lowest BCUT2D eigenvalue weighted by molar-refractivity contribution is -0.136. The highest BCUT2D eigenvalue weighted by Crippen LogP contribution is 2.48. The Hall–Kier alpha value is -3.23. The molecule has 1 N–H and O–H groups in total. The SMILES string of the molecule is COC(=O)C1=C(C)NC2=C(C(=O)c3ccccc32)[C@H]1c1cc(Br)c(OCc2cccc(F)c2)c(Br)c1. The maximum absolute atomic E-state index is 13.6. The molecule has 0 unspecified atom stereocenters. The molecule has 36 heavy (non-hydrogen) atoms. The van der Waals surface area contributed by atoms with Crippen LogP contribution in [0.25, 0.3) is 5.70 Å². The maximum atomic E-state index is 13.6. The molecule has 1 heterocycles. The van der Waals surface area contributed by atoms with Crippen LogP contribution in [0.15, 0.2) is 86.5 Å². The van der Waals surface area contributed by atoms with Crippen molar-refractivity contribution in [2.24, 2.45) is 0 Å². The number of nitrogens with one attached hydrogen (secondary N) is 1. The van der Waals surface area contributed by atoms with Gasteiger partial charge in [-0.1, -0.05) is 36.4 Å². The zero-order chi connectivity index (χ0) is 25.6. The Morgan fingerprint density at radius 3 is 2.39 bits per heavy atom. The van der Waals surface area contributed by atoms with Gasteiger partial charge in [0.1, 0.15) is 18.2 Å². The van der Waals surface area contributed by atoms with E-state index >= 15 is 0 Å². The van der Waals surface area contributed by atoms with Crippen LogP contribution in [-0.4, -0.2) is 18.9 Å². The van der Waals surface area contributed by atoms with Crippen molar-refractivity contribution in [2.45, 2.75) is 19.4 Å². The van der Waals surface area contributed by atoms with Gasteiger partial charge < -0.3 is 14.8 Å². The summed E-state index contributed by atoms with van der Waals surface area (Å²) >= 11 is 7.16. The van der Waals surface area contributed by atoms with Crippen molar-refractivity contribution < 1.29 is 23.5 Å². The summed E-state index contributed by atoms with van der Waals surface area (Å²) in [5.41, 5.74) is 4.97. The highest BCUT2D eigenvalue weighted by molar-refractivity contribution is 9.11. The molecule has 0 fully saturated rings. The first-order valence-corrected chi connectivity index (χ1v) is 12.7. The average Bonchev–Trinajstić information content (AvgIpc) is 3.13. The van der Waals surface area contributed by atoms with Gasteiger partial charge in [-0.05, 0) is 74.2 Å². The van der Waals surface area contributed by atoms with Gasteiger partial charge in [-0.2, -0.15) is 0 Å². The van der Waals surface area contributed by atoms with E-state index in [0.717, 1.165) is 5.56 Å². The molecule has 1 atom stereocenters. The van der Waals surface area contributed by atoms with Crippen LogP contribution in [0.3, 0.4) is 0 Å². The largest absolute Gasteiger partial charge is 0.487 e. The van der Waals surface area contributed by atoms with Gasteiger partial charge in [-0.25, -0.2) is 9.18 Å². The number of carbonyl (C=O) groups excluding carboxylic acids is 2. The molecular formula is C28H20Br2FNO4. The number of halogens is 3. The predicted molar refractivity (Wildman–Crippen MR) is 141 cm³/mol. The van der Waals surface area contributed by atoms with E-state index in [0.29, 0.717) is 53.9 Å². The molecule has 0 saturated heterocycles. The lowest BCUT2D eigenvalue weighted by Crippen LogP contribution is -2.29. The zero-order valence-electron chi connectivity index (χ0n) is 19.3. The third kappa shape index (κ3) is 4.18. The van der Waals surface area contributed by atoms with Crippen molar-refractivity contribution in [3.63, 3.8) is 0 Å². The summed E-state index contributed by atoms with van der Waals surface area (Å²) in [5.74, 6) is -1.12. The lowest BCUT2D eigenvalue weighted by Gasteiger charge is -2.29. The minimum Gasteiger partial charge on any atom is -0.487 e. The van der Waals surface area contributed by atoms with Crippen LogP contribution in [-0.2, 0) is 16.1 Å². The Morgan fingerprint density at radius 1 is 1.03 bits per heavy atom. The predicted octanol–water partition coefficient (Wildman–Crippen LogP) is 6.67. The molecule has 2 aliphatic rings. The molecule has 5 nitrogen and oxygen atoms in total. The molecule has 0 saturated carbocycles. The van der Waals surface area contributed by atoms with E-state index in [1.54, 1.807) is 25.1 Å². The molecule has 1 aliphatic carbocycles. The van der Waals surface area contributed by atoms with E-state index in [9.17, 15) is 14.0 Å². The lowest BCUT2D eigenvalue weighted by atomic mass is 9.80. The van der Waals surface area contributed by atoms with E-state index in [2.05, 4.69) is 37.2 Å². The third-order valence-corrected chi connectivity index (χ3v) is 7.46. The number of dihydropyridines is 1. The highest BCUT2D eigenvalue weighted by atomic mass is 79.9. The summed E-state index contributed by atoms with van der Waals surface area (Å²) in [5, 5.41) is 3.27. The fourth-order valence-electron chi connectivity index (χ4n) is 4.71. The Labute approximate surface area is 224 Å².